The van der Waals surface area contributed by atoms with Crippen LogP contribution in [0.15, 0.2) is 35.5 Å². The zero-order valence-electron chi connectivity index (χ0n) is 22.5. The number of hydrogen-bond donors (Lipinski definition) is 4. The minimum atomic E-state index is -0.931. The molecule has 3 fully saturated rings. The van der Waals surface area contributed by atoms with E-state index in [0.717, 1.165) is 30.8 Å². The van der Waals surface area contributed by atoms with Crippen LogP contribution in [0.1, 0.15) is 91.9 Å². The molecule has 0 spiro atoms. The number of ether oxygens (including phenoxy) is 1. The lowest BCUT2D eigenvalue weighted by molar-refractivity contribution is -0.0968. The van der Waals surface area contributed by atoms with Crippen molar-refractivity contribution in [2.75, 3.05) is 13.2 Å². The van der Waals surface area contributed by atoms with Gasteiger partial charge in [0.2, 0.25) is 0 Å². The molecule has 7 atom stereocenters. The Morgan fingerprint density at radius 2 is 1.94 bits per heavy atom. The number of hydrogen-bond acceptors (Lipinski definition) is 5. The maximum Gasteiger partial charge on any atom is 0.114 e. The van der Waals surface area contributed by atoms with Gasteiger partial charge in [0.1, 0.15) is 12.2 Å². The van der Waals surface area contributed by atoms with Crippen molar-refractivity contribution in [1.29, 1.82) is 0 Å². The molecule has 3 aliphatic rings. The van der Waals surface area contributed by atoms with Crippen LogP contribution in [-0.2, 0) is 4.74 Å². The molecule has 3 rings (SSSR count). The Morgan fingerprint density at radius 1 is 1.20 bits per heavy atom. The van der Waals surface area contributed by atoms with Crippen LogP contribution in [0.5, 0.6) is 0 Å². The van der Waals surface area contributed by atoms with E-state index >= 15 is 0 Å². The third kappa shape index (κ3) is 6.87. The zero-order valence-corrected chi connectivity index (χ0v) is 22.5. The maximum atomic E-state index is 10.7. The molecular formula is C30H50O5. The van der Waals surface area contributed by atoms with Crippen molar-refractivity contribution in [2.45, 2.75) is 116 Å². The van der Waals surface area contributed by atoms with Crippen molar-refractivity contribution in [3.63, 3.8) is 0 Å². The smallest absolute Gasteiger partial charge is 0.114 e. The molecule has 0 aliphatic heterocycles. The van der Waals surface area contributed by atoms with E-state index in [4.69, 9.17) is 9.84 Å². The summed E-state index contributed by atoms with van der Waals surface area (Å²) in [6.45, 7) is 13.2. The van der Waals surface area contributed by atoms with Crippen LogP contribution in [-0.4, -0.2) is 57.6 Å². The molecule has 5 heteroatoms. The fourth-order valence-corrected chi connectivity index (χ4v) is 7.21. The number of fused-ring (bicyclic) bond motifs is 1. The first-order valence-electron chi connectivity index (χ1n) is 13.9. The first-order chi connectivity index (χ1) is 16.5. The van der Waals surface area contributed by atoms with Crippen LogP contribution in [0.25, 0.3) is 0 Å². The molecule has 0 bridgehead atoms. The molecule has 3 aliphatic carbocycles. The highest BCUT2D eigenvalue weighted by atomic mass is 16.5. The van der Waals surface area contributed by atoms with Crippen molar-refractivity contribution in [1.82, 2.24) is 0 Å². The highest BCUT2D eigenvalue weighted by Crippen LogP contribution is 2.60. The molecule has 0 aromatic heterocycles. The summed E-state index contributed by atoms with van der Waals surface area (Å²) in [5.41, 5.74) is 2.79. The molecule has 0 heterocycles. The van der Waals surface area contributed by atoms with Crippen LogP contribution in [0, 0.1) is 23.2 Å². The van der Waals surface area contributed by atoms with Crippen molar-refractivity contribution in [3.05, 3.63) is 35.5 Å². The van der Waals surface area contributed by atoms with E-state index in [0.29, 0.717) is 42.3 Å². The molecule has 0 aromatic rings. The highest BCUT2D eigenvalue weighted by molar-refractivity contribution is 5.40. The number of allylic oxidation sites excluding steroid dienone is 3. The highest BCUT2D eigenvalue weighted by Gasteiger charge is 2.50. The molecule has 0 saturated heterocycles. The molecular weight excluding hydrogens is 440 g/mol. The van der Waals surface area contributed by atoms with E-state index < -0.39 is 23.9 Å². The van der Waals surface area contributed by atoms with Crippen LogP contribution in [0.4, 0.5) is 0 Å². The first kappa shape index (κ1) is 28.6. The number of aliphatic hydroxyl groups is 4. The van der Waals surface area contributed by atoms with Gasteiger partial charge in [-0.15, -0.1) is 0 Å². The lowest BCUT2D eigenvalue weighted by atomic mass is 9.60. The van der Waals surface area contributed by atoms with Crippen molar-refractivity contribution >= 4 is 0 Å². The Hall–Kier alpha value is -0.980. The van der Waals surface area contributed by atoms with Gasteiger partial charge in [0.25, 0.3) is 0 Å². The summed E-state index contributed by atoms with van der Waals surface area (Å²) in [7, 11) is 0. The third-order valence-corrected chi connectivity index (χ3v) is 9.17. The summed E-state index contributed by atoms with van der Waals surface area (Å²) in [6.07, 6.45) is 12.1. The first-order valence-corrected chi connectivity index (χ1v) is 13.9. The van der Waals surface area contributed by atoms with Crippen LogP contribution in [0.3, 0.4) is 0 Å². The third-order valence-electron chi connectivity index (χ3n) is 9.17. The second-order valence-corrected chi connectivity index (χ2v) is 12.4. The summed E-state index contributed by atoms with van der Waals surface area (Å²) in [6, 6.07) is 0. The lowest BCUT2D eigenvalue weighted by Gasteiger charge is -2.44. The van der Waals surface area contributed by atoms with Gasteiger partial charge in [-0.25, -0.2) is 0 Å². The fourth-order valence-electron chi connectivity index (χ4n) is 7.21. The van der Waals surface area contributed by atoms with E-state index in [1.165, 1.54) is 37.7 Å². The van der Waals surface area contributed by atoms with Gasteiger partial charge in [0.05, 0.1) is 11.7 Å². The van der Waals surface area contributed by atoms with Crippen molar-refractivity contribution < 1.29 is 25.2 Å². The minimum absolute atomic E-state index is 0.0269. The summed E-state index contributed by atoms with van der Waals surface area (Å²) in [4.78, 5) is 0. The molecule has 0 aromatic carbocycles. The second kappa shape index (κ2) is 12.0. The van der Waals surface area contributed by atoms with Crippen molar-refractivity contribution in [3.8, 4) is 0 Å². The Labute approximate surface area is 213 Å². The van der Waals surface area contributed by atoms with Gasteiger partial charge in [-0.3, -0.25) is 0 Å². The van der Waals surface area contributed by atoms with E-state index in [-0.39, 0.29) is 6.61 Å². The largest absolute Gasteiger partial charge is 0.396 e. The van der Waals surface area contributed by atoms with Crippen LogP contribution < -0.4 is 0 Å². The molecule has 4 N–H and O–H groups in total. The second-order valence-electron chi connectivity index (χ2n) is 12.4. The average Bonchev–Trinajstić information content (AvgIpc) is 3.14. The Morgan fingerprint density at radius 3 is 2.63 bits per heavy atom. The summed E-state index contributed by atoms with van der Waals surface area (Å²) < 4.78 is 5.63. The van der Waals surface area contributed by atoms with Crippen molar-refractivity contribution in [2.24, 2.45) is 23.2 Å². The molecule has 200 valence electrons. The van der Waals surface area contributed by atoms with Gasteiger partial charge in [0.15, 0.2) is 0 Å². The standard InChI is InChI=1S/C30H50O5/c1-20(9-6-15-29(3,4)34)24-13-14-25-22(10-7-16-30(24,25)5)11-12-23-19-26(32)28(27(33)21(23)2)35-18-8-17-31/h11-12,20,24-28,31-34H,2,6-10,13-19H2,1,3-5H3/b22-11+,23-12-/t20-,24-,25-,26+,27-,28-,30+/m1/s1. The van der Waals surface area contributed by atoms with Gasteiger partial charge in [-0.1, -0.05) is 51.0 Å². The number of aliphatic hydroxyl groups excluding tert-OH is 3. The summed E-state index contributed by atoms with van der Waals surface area (Å²) >= 11 is 0. The Balaban J connectivity index is 1.67. The normalized spacial score (nSPS) is 37.1. The van der Waals surface area contributed by atoms with Gasteiger partial charge >= 0.3 is 0 Å². The van der Waals surface area contributed by atoms with E-state index in [1.54, 1.807) is 0 Å². The minimum Gasteiger partial charge on any atom is -0.396 e. The molecule has 35 heavy (non-hydrogen) atoms. The predicted octanol–water partition coefficient (Wildman–Crippen LogP) is 5.08. The van der Waals surface area contributed by atoms with Gasteiger partial charge in [-0.05, 0) is 93.1 Å². The SMILES string of the molecule is C=C1/C(=C\C=C2/CCC[C@]3(C)[C@@H]2CC[C@@H]3[C@H](C)CCCC(C)(C)O)C[C@H](O)[C@@H](OCCCO)[C@@H]1O. The molecule has 0 radical (unpaired) electrons. The topological polar surface area (TPSA) is 90.2 Å². The van der Waals surface area contributed by atoms with E-state index in [1.807, 2.05) is 13.8 Å². The van der Waals surface area contributed by atoms with Gasteiger partial charge in [0, 0.05) is 19.6 Å². The zero-order chi connectivity index (χ0) is 25.8. The molecule has 0 amide bonds. The predicted molar refractivity (Wildman–Crippen MR) is 141 cm³/mol. The molecule has 5 nitrogen and oxygen atoms in total. The molecule has 0 unspecified atom stereocenters. The lowest BCUT2D eigenvalue weighted by Crippen LogP contribution is -2.45. The van der Waals surface area contributed by atoms with E-state index in [2.05, 4.69) is 32.6 Å². The van der Waals surface area contributed by atoms with E-state index in [9.17, 15) is 15.3 Å². The molecule has 3 saturated carbocycles. The quantitative estimate of drug-likeness (QED) is 0.321. The Bertz CT molecular complexity index is 778. The average molecular weight is 491 g/mol. The van der Waals surface area contributed by atoms with Crippen LogP contribution >= 0.6 is 0 Å². The Kier molecular flexibility index (Phi) is 9.84. The van der Waals surface area contributed by atoms with Crippen LogP contribution in [0.2, 0.25) is 0 Å². The maximum absolute atomic E-state index is 10.7. The number of rotatable bonds is 10. The fraction of sp³-hybridized carbons (Fsp3) is 0.800. The van der Waals surface area contributed by atoms with Gasteiger partial charge < -0.3 is 25.2 Å². The monoisotopic (exact) mass is 490 g/mol. The van der Waals surface area contributed by atoms with Gasteiger partial charge in [-0.2, -0.15) is 0 Å². The summed E-state index contributed by atoms with van der Waals surface area (Å²) in [5, 5.41) is 40.4. The summed E-state index contributed by atoms with van der Waals surface area (Å²) in [5.74, 6) is 1.98.